The van der Waals surface area contributed by atoms with Crippen LogP contribution in [0.2, 0.25) is 0 Å². The molecule has 3 rings (SSSR count). The number of nitrogens with one attached hydrogen (secondary N) is 1. The number of hydrogen-bond acceptors (Lipinski definition) is 6. The fourth-order valence-corrected chi connectivity index (χ4v) is 2.39. The fraction of sp³-hybridized carbons (Fsp3) is 0.500. The fourth-order valence-electron chi connectivity index (χ4n) is 2.39. The molecule has 8 heteroatoms. The molecule has 2 aromatic heterocycles. The van der Waals surface area contributed by atoms with E-state index in [-0.39, 0.29) is 11.9 Å². The van der Waals surface area contributed by atoms with E-state index in [9.17, 15) is 4.79 Å². The van der Waals surface area contributed by atoms with Gasteiger partial charge in [0.05, 0.1) is 13.2 Å². The van der Waals surface area contributed by atoms with E-state index in [2.05, 4.69) is 20.5 Å². The molecular weight excluding hydrogens is 310 g/mol. The van der Waals surface area contributed by atoms with E-state index in [0.717, 1.165) is 5.56 Å². The van der Waals surface area contributed by atoms with Crippen molar-refractivity contribution < 1.29 is 13.9 Å². The molecule has 1 aliphatic rings. The third-order valence-electron chi connectivity index (χ3n) is 3.73. The second kappa shape index (κ2) is 6.96. The third kappa shape index (κ3) is 3.70. The molecule has 2 aromatic rings. The van der Waals surface area contributed by atoms with Crippen LogP contribution in [0.4, 0.5) is 10.6 Å². The van der Waals surface area contributed by atoms with Gasteiger partial charge in [0.1, 0.15) is 5.82 Å². The van der Waals surface area contributed by atoms with Gasteiger partial charge >= 0.3 is 6.03 Å². The van der Waals surface area contributed by atoms with E-state index in [4.69, 9.17) is 9.15 Å². The Morgan fingerprint density at radius 3 is 2.96 bits per heavy atom. The Morgan fingerprint density at radius 1 is 1.42 bits per heavy atom. The second-order valence-electron chi connectivity index (χ2n) is 6.09. The number of rotatable bonds is 3. The van der Waals surface area contributed by atoms with Crippen LogP contribution in [-0.2, 0) is 4.74 Å². The van der Waals surface area contributed by atoms with Crippen LogP contribution in [0, 0.1) is 6.92 Å². The van der Waals surface area contributed by atoms with E-state index in [1.807, 2.05) is 32.9 Å². The van der Waals surface area contributed by atoms with E-state index in [0.29, 0.717) is 37.3 Å². The summed E-state index contributed by atoms with van der Waals surface area (Å²) < 4.78 is 11.3. The summed E-state index contributed by atoms with van der Waals surface area (Å²) >= 11 is 0. The van der Waals surface area contributed by atoms with Crippen LogP contribution in [0.15, 0.2) is 22.7 Å². The highest BCUT2D eigenvalue weighted by Gasteiger charge is 2.29. The average Bonchev–Trinajstić information content (AvgIpc) is 3.05. The Balaban J connectivity index is 1.65. The van der Waals surface area contributed by atoms with Crippen molar-refractivity contribution in [3.8, 4) is 0 Å². The monoisotopic (exact) mass is 331 g/mol. The summed E-state index contributed by atoms with van der Waals surface area (Å²) in [6.07, 6.45) is 1.26. The summed E-state index contributed by atoms with van der Waals surface area (Å²) in [4.78, 5) is 18.2. The molecule has 128 valence electrons. The largest absolute Gasteiger partial charge is 0.422 e. The number of nitrogens with zero attached hydrogens (tertiary/aromatic N) is 4. The van der Waals surface area contributed by atoms with Crippen LogP contribution < -0.4 is 5.32 Å². The van der Waals surface area contributed by atoms with Crippen LogP contribution >= 0.6 is 0 Å². The van der Waals surface area contributed by atoms with E-state index >= 15 is 0 Å². The highest BCUT2D eigenvalue weighted by molar-refractivity contribution is 5.88. The Hall–Kier alpha value is -2.48. The van der Waals surface area contributed by atoms with Crippen LogP contribution in [-0.4, -0.2) is 45.8 Å². The molecule has 0 saturated carbocycles. The zero-order valence-electron chi connectivity index (χ0n) is 14.0. The number of carbonyl (C=O) groups excluding carboxylic acids is 1. The lowest BCUT2D eigenvalue weighted by molar-refractivity contribution is -0.0276. The van der Waals surface area contributed by atoms with Crippen LogP contribution in [0.25, 0.3) is 0 Å². The molecule has 1 atom stereocenters. The number of aryl methyl sites for hydroxylation is 1. The lowest BCUT2D eigenvalue weighted by Gasteiger charge is -2.31. The van der Waals surface area contributed by atoms with Crippen molar-refractivity contribution in [2.75, 3.05) is 25.0 Å². The SMILES string of the molecule is Cc1ccnc(NC(=O)N2CCOC(c3nnc(C(C)C)o3)C2)c1. The minimum Gasteiger partial charge on any atom is -0.422 e. The molecule has 0 radical (unpaired) electrons. The Kier molecular flexibility index (Phi) is 4.75. The first-order valence-corrected chi connectivity index (χ1v) is 7.96. The van der Waals surface area contributed by atoms with Crippen molar-refractivity contribution in [1.82, 2.24) is 20.1 Å². The molecule has 1 fully saturated rings. The first-order valence-electron chi connectivity index (χ1n) is 7.96. The molecule has 3 heterocycles. The van der Waals surface area contributed by atoms with Gasteiger partial charge in [0.25, 0.3) is 0 Å². The normalized spacial score (nSPS) is 18.0. The smallest absolute Gasteiger partial charge is 0.323 e. The summed E-state index contributed by atoms with van der Waals surface area (Å²) in [5.41, 5.74) is 1.03. The lowest BCUT2D eigenvalue weighted by Crippen LogP contribution is -2.44. The van der Waals surface area contributed by atoms with Crippen LogP contribution in [0.5, 0.6) is 0 Å². The van der Waals surface area contributed by atoms with Gasteiger partial charge in [0.2, 0.25) is 11.8 Å². The molecule has 8 nitrogen and oxygen atoms in total. The summed E-state index contributed by atoms with van der Waals surface area (Å²) in [5, 5.41) is 10.9. The second-order valence-corrected chi connectivity index (χ2v) is 6.09. The van der Waals surface area contributed by atoms with Gasteiger partial charge in [-0.25, -0.2) is 9.78 Å². The predicted molar refractivity (Wildman–Crippen MR) is 86.6 cm³/mol. The van der Waals surface area contributed by atoms with Gasteiger partial charge in [-0.3, -0.25) is 5.32 Å². The molecule has 0 bridgehead atoms. The molecule has 24 heavy (non-hydrogen) atoms. The standard InChI is InChI=1S/C16H21N5O3/c1-10(2)14-19-20-15(24-14)12-9-21(6-7-23-12)16(22)18-13-8-11(3)4-5-17-13/h4-5,8,10,12H,6-7,9H2,1-3H3,(H,17,18,22). The first kappa shape index (κ1) is 16.4. The van der Waals surface area contributed by atoms with Crippen molar-refractivity contribution in [1.29, 1.82) is 0 Å². The summed E-state index contributed by atoms with van der Waals surface area (Å²) in [6, 6.07) is 3.48. The number of urea groups is 1. The quantitative estimate of drug-likeness (QED) is 0.929. The van der Waals surface area contributed by atoms with Gasteiger partial charge in [-0.15, -0.1) is 10.2 Å². The molecular formula is C16H21N5O3. The predicted octanol–water partition coefficient (Wildman–Crippen LogP) is 2.50. The maximum Gasteiger partial charge on any atom is 0.323 e. The average molecular weight is 331 g/mol. The van der Waals surface area contributed by atoms with E-state index < -0.39 is 6.10 Å². The molecule has 1 unspecified atom stereocenters. The lowest BCUT2D eigenvalue weighted by atomic mass is 10.2. The number of morpholine rings is 1. The number of amides is 2. The molecule has 1 aliphatic heterocycles. The van der Waals surface area contributed by atoms with Gasteiger partial charge in [-0.1, -0.05) is 13.8 Å². The topological polar surface area (TPSA) is 93.4 Å². The zero-order chi connectivity index (χ0) is 17.1. The van der Waals surface area contributed by atoms with Gasteiger partial charge in [0.15, 0.2) is 6.10 Å². The summed E-state index contributed by atoms with van der Waals surface area (Å²) in [7, 11) is 0. The molecule has 1 saturated heterocycles. The maximum atomic E-state index is 12.4. The number of ether oxygens (including phenoxy) is 1. The Bertz CT molecular complexity index is 715. The summed E-state index contributed by atoms with van der Waals surface area (Å²) in [5.74, 6) is 1.66. The van der Waals surface area contributed by atoms with Crippen molar-refractivity contribution in [2.24, 2.45) is 0 Å². The minimum absolute atomic E-state index is 0.154. The van der Waals surface area contributed by atoms with Gasteiger partial charge in [0, 0.05) is 18.7 Å². The molecule has 1 N–H and O–H groups in total. The van der Waals surface area contributed by atoms with Crippen molar-refractivity contribution in [2.45, 2.75) is 32.8 Å². The van der Waals surface area contributed by atoms with Crippen molar-refractivity contribution in [3.05, 3.63) is 35.7 Å². The van der Waals surface area contributed by atoms with Gasteiger partial charge < -0.3 is 14.1 Å². The van der Waals surface area contributed by atoms with Crippen molar-refractivity contribution >= 4 is 11.8 Å². The Labute approximate surface area is 140 Å². The third-order valence-corrected chi connectivity index (χ3v) is 3.73. The molecule has 0 aliphatic carbocycles. The van der Waals surface area contributed by atoms with Crippen molar-refractivity contribution in [3.63, 3.8) is 0 Å². The molecule has 0 spiro atoms. The highest BCUT2D eigenvalue weighted by Crippen LogP contribution is 2.23. The molecule has 0 aromatic carbocycles. The minimum atomic E-state index is -0.407. The van der Waals surface area contributed by atoms with Crippen LogP contribution in [0.3, 0.4) is 0 Å². The highest BCUT2D eigenvalue weighted by atomic mass is 16.5. The number of anilines is 1. The van der Waals surface area contributed by atoms with Crippen LogP contribution in [0.1, 0.15) is 43.2 Å². The first-order chi connectivity index (χ1) is 11.5. The number of carbonyl (C=O) groups is 1. The van der Waals surface area contributed by atoms with E-state index in [1.54, 1.807) is 11.1 Å². The maximum absolute atomic E-state index is 12.4. The molecule has 2 amide bonds. The number of hydrogen-bond donors (Lipinski definition) is 1. The van der Waals surface area contributed by atoms with Gasteiger partial charge in [-0.05, 0) is 24.6 Å². The van der Waals surface area contributed by atoms with Gasteiger partial charge in [-0.2, -0.15) is 0 Å². The summed E-state index contributed by atoms with van der Waals surface area (Å²) in [6.45, 7) is 7.18. The zero-order valence-corrected chi connectivity index (χ0v) is 14.0. The Morgan fingerprint density at radius 2 is 2.25 bits per heavy atom. The number of aromatic nitrogens is 3. The number of pyridine rings is 1. The van der Waals surface area contributed by atoms with E-state index in [1.165, 1.54) is 0 Å².